The molecular weight excluding hydrogens is 304 g/mol. The smallest absolute Gasteiger partial charge is 0.250 e. The summed E-state index contributed by atoms with van der Waals surface area (Å²) >= 11 is 1.39. The first-order chi connectivity index (χ1) is 9.87. The molecule has 0 amide bonds. The summed E-state index contributed by atoms with van der Waals surface area (Å²) in [5, 5.41) is 3.45. The van der Waals surface area contributed by atoms with Gasteiger partial charge in [-0.15, -0.1) is 11.3 Å². The van der Waals surface area contributed by atoms with Crippen molar-refractivity contribution in [2.45, 2.75) is 49.8 Å². The second-order valence-electron chi connectivity index (χ2n) is 6.94. The van der Waals surface area contributed by atoms with Gasteiger partial charge in [-0.05, 0) is 49.1 Å². The molecule has 2 N–H and O–H groups in total. The fourth-order valence-electron chi connectivity index (χ4n) is 2.53. The Labute approximate surface area is 131 Å². The second-order valence-corrected chi connectivity index (χ2v) is 10.1. The van der Waals surface area contributed by atoms with Crippen LogP contribution in [0.4, 0.5) is 0 Å². The number of rotatable bonds is 8. The van der Waals surface area contributed by atoms with E-state index in [2.05, 4.69) is 23.9 Å². The van der Waals surface area contributed by atoms with E-state index in [1.165, 1.54) is 24.2 Å². The van der Waals surface area contributed by atoms with Gasteiger partial charge in [-0.2, -0.15) is 0 Å². The molecule has 1 aromatic heterocycles. The van der Waals surface area contributed by atoms with Gasteiger partial charge in [-0.3, -0.25) is 0 Å². The summed E-state index contributed by atoms with van der Waals surface area (Å²) in [6.45, 7) is 5.87. The summed E-state index contributed by atoms with van der Waals surface area (Å²) in [5.41, 5.74) is 0.303. The van der Waals surface area contributed by atoms with Crippen molar-refractivity contribution in [2.24, 2.45) is 11.3 Å². The topological polar surface area (TPSA) is 58.2 Å². The highest BCUT2D eigenvalue weighted by Crippen LogP contribution is 2.51. The highest BCUT2D eigenvalue weighted by Gasteiger charge is 2.45. The van der Waals surface area contributed by atoms with Gasteiger partial charge in [0.05, 0.1) is 0 Å². The van der Waals surface area contributed by atoms with Crippen LogP contribution in [-0.2, 0) is 16.4 Å². The van der Waals surface area contributed by atoms with Crippen molar-refractivity contribution in [1.29, 1.82) is 0 Å². The highest BCUT2D eigenvalue weighted by atomic mass is 32.2. The van der Waals surface area contributed by atoms with Gasteiger partial charge in [-0.1, -0.05) is 13.8 Å². The maximum atomic E-state index is 12.3. The number of thiophene rings is 1. The Hall–Kier alpha value is -0.430. The quantitative estimate of drug-likeness (QED) is 0.770. The van der Waals surface area contributed by atoms with Crippen LogP contribution in [0.1, 0.15) is 38.0 Å². The summed E-state index contributed by atoms with van der Waals surface area (Å²) in [4.78, 5) is 1.13. The molecule has 0 aliphatic heterocycles. The minimum Gasteiger partial charge on any atom is -0.314 e. The lowest BCUT2D eigenvalue weighted by Crippen LogP contribution is -2.26. The van der Waals surface area contributed by atoms with E-state index < -0.39 is 10.0 Å². The van der Waals surface area contributed by atoms with Gasteiger partial charge in [0, 0.05) is 24.0 Å². The molecule has 21 heavy (non-hydrogen) atoms. The molecular formula is C15H24N2O2S2. The van der Waals surface area contributed by atoms with Gasteiger partial charge < -0.3 is 5.32 Å². The molecule has 2 saturated carbocycles. The zero-order valence-corrected chi connectivity index (χ0v) is 14.3. The zero-order valence-electron chi connectivity index (χ0n) is 12.7. The molecule has 4 nitrogen and oxygen atoms in total. The largest absolute Gasteiger partial charge is 0.314 e. The summed E-state index contributed by atoms with van der Waals surface area (Å²) < 4.78 is 27.7. The lowest BCUT2D eigenvalue weighted by atomic mass is 10.1. The van der Waals surface area contributed by atoms with Crippen molar-refractivity contribution in [3.05, 3.63) is 17.0 Å². The van der Waals surface area contributed by atoms with E-state index in [-0.39, 0.29) is 0 Å². The van der Waals surface area contributed by atoms with Crippen LogP contribution < -0.4 is 10.0 Å². The molecule has 0 radical (unpaired) electrons. The number of nitrogens with one attached hydrogen (secondary N) is 2. The predicted octanol–water partition coefficient (Wildman–Crippen LogP) is 2.37. The van der Waals surface area contributed by atoms with Crippen LogP contribution in [0, 0.1) is 11.3 Å². The lowest BCUT2D eigenvalue weighted by molar-refractivity contribution is 0.538. The molecule has 3 rings (SSSR count). The second kappa shape index (κ2) is 5.65. The average molecular weight is 329 g/mol. The van der Waals surface area contributed by atoms with Crippen LogP contribution in [0.2, 0.25) is 0 Å². The lowest BCUT2D eigenvalue weighted by Gasteiger charge is -2.06. The predicted molar refractivity (Wildman–Crippen MR) is 86.1 cm³/mol. The van der Waals surface area contributed by atoms with E-state index in [0.29, 0.717) is 28.1 Å². The van der Waals surface area contributed by atoms with Gasteiger partial charge in [0.1, 0.15) is 4.21 Å². The molecule has 6 heteroatoms. The SMILES string of the molecule is CC1(C)CC1CNS(=O)(=O)c1ccc(CCNC2CC2)s1. The first kappa shape index (κ1) is 15.5. The van der Waals surface area contributed by atoms with E-state index in [1.807, 2.05) is 6.07 Å². The van der Waals surface area contributed by atoms with E-state index >= 15 is 0 Å². The maximum Gasteiger partial charge on any atom is 0.250 e. The van der Waals surface area contributed by atoms with E-state index in [9.17, 15) is 8.42 Å². The van der Waals surface area contributed by atoms with Gasteiger partial charge in [0.15, 0.2) is 0 Å². The first-order valence-electron chi connectivity index (χ1n) is 7.69. The minimum absolute atomic E-state index is 0.303. The Morgan fingerprint density at radius 1 is 1.33 bits per heavy atom. The molecule has 0 saturated heterocycles. The number of sulfonamides is 1. The van der Waals surface area contributed by atoms with Gasteiger partial charge in [-0.25, -0.2) is 13.1 Å². The Balaban J connectivity index is 1.51. The van der Waals surface area contributed by atoms with Crippen molar-refractivity contribution in [3.8, 4) is 0 Å². The van der Waals surface area contributed by atoms with Crippen LogP contribution in [0.5, 0.6) is 0 Å². The molecule has 2 fully saturated rings. The standard InChI is InChI=1S/C15H24N2O2S2/c1-15(2)9-11(15)10-17-21(18,19)14-6-5-13(20-14)7-8-16-12-3-4-12/h5-6,11-12,16-17H,3-4,7-10H2,1-2H3. The van der Waals surface area contributed by atoms with Crippen molar-refractivity contribution >= 4 is 21.4 Å². The van der Waals surface area contributed by atoms with Crippen molar-refractivity contribution < 1.29 is 8.42 Å². The molecule has 0 aromatic carbocycles. The van der Waals surface area contributed by atoms with E-state index in [1.54, 1.807) is 6.07 Å². The van der Waals surface area contributed by atoms with Crippen LogP contribution in [0.3, 0.4) is 0 Å². The third-order valence-corrected chi connectivity index (χ3v) is 7.58. The molecule has 1 unspecified atom stereocenters. The van der Waals surface area contributed by atoms with Gasteiger partial charge >= 0.3 is 0 Å². The fourth-order valence-corrected chi connectivity index (χ4v) is 5.01. The molecule has 118 valence electrons. The zero-order chi connectivity index (χ0) is 15.1. The van der Waals surface area contributed by atoms with Gasteiger partial charge in [0.2, 0.25) is 10.0 Å². The molecule has 2 aliphatic carbocycles. The minimum atomic E-state index is -3.33. The molecule has 2 aliphatic rings. The molecule has 0 spiro atoms. The Morgan fingerprint density at radius 2 is 2.05 bits per heavy atom. The van der Waals surface area contributed by atoms with Crippen molar-refractivity contribution in [1.82, 2.24) is 10.0 Å². The average Bonchev–Trinajstić information content (AvgIpc) is 3.26. The fraction of sp³-hybridized carbons (Fsp3) is 0.733. The monoisotopic (exact) mass is 328 g/mol. The molecule has 1 heterocycles. The van der Waals surface area contributed by atoms with Crippen LogP contribution in [0.15, 0.2) is 16.3 Å². The normalized spacial score (nSPS) is 24.2. The number of hydrogen-bond donors (Lipinski definition) is 2. The summed E-state index contributed by atoms with van der Waals surface area (Å²) in [7, 11) is -3.33. The number of hydrogen-bond acceptors (Lipinski definition) is 4. The summed E-state index contributed by atoms with van der Waals surface area (Å²) in [5.74, 6) is 0.481. The summed E-state index contributed by atoms with van der Waals surface area (Å²) in [6.07, 6.45) is 4.58. The van der Waals surface area contributed by atoms with E-state index in [4.69, 9.17) is 0 Å². The maximum absolute atomic E-state index is 12.3. The van der Waals surface area contributed by atoms with Crippen LogP contribution in [0.25, 0.3) is 0 Å². The third-order valence-electron chi connectivity index (χ3n) is 4.52. The molecule has 1 atom stereocenters. The molecule has 0 bridgehead atoms. The third kappa shape index (κ3) is 4.06. The van der Waals surface area contributed by atoms with Gasteiger partial charge in [0.25, 0.3) is 0 Å². The van der Waals surface area contributed by atoms with Crippen molar-refractivity contribution in [2.75, 3.05) is 13.1 Å². The Bertz CT molecular complexity index is 603. The Kier molecular flexibility index (Phi) is 4.16. The highest BCUT2D eigenvalue weighted by molar-refractivity contribution is 7.91. The Morgan fingerprint density at radius 3 is 2.67 bits per heavy atom. The summed E-state index contributed by atoms with van der Waals surface area (Å²) in [6, 6.07) is 4.38. The van der Waals surface area contributed by atoms with Crippen LogP contribution >= 0.6 is 11.3 Å². The molecule has 1 aromatic rings. The van der Waals surface area contributed by atoms with Crippen molar-refractivity contribution in [3.63, 3.8) is 0 Å². The van der Waals surface area contributed by atoms with E-state index in [0.717, 1.165) is 24.3 Å². The first-order valence-corrected chi connectivity index (χ1v) is 9.98. The van der Waals surface area contributed by atoms with Crippen LogP contribution in [-0.4, -0.2) is 27.5 Å².